The maximum absolute atomic E-state index is 8.47. The van der Waals surface area contributed by atoms with Crippen LogP contribution in [0.25, 0.3) is 0 Å². The Balaban J connectivity index is 3.12. The maximum atomic E-state index is 8.47. The maximum Gasteiger partial charge on any atom is 0.285 e. The minimum Gasteiger partial charge on any atom is -0.481 e. The minimum absolute atomic E-state index is 0.208. The van der Waals surface area contributed by atoms with Gasteiger partial charge in [0.2, 0.25) is 0 Å². The third kappa shape index (κ3) is 0.585. The molecule has 0 spiro atoms. The molecule has 0 bridgehead atoms. The summed E-state index contributed by atoms with van der Waals surface area (Å²) in [5, 5.41) is 8.47. The van der Waals surface area contributed by atoms with E-state index in [1.807, 2.05) is 0 Å². The fraction of sp³-hybridized carbons (Fsp3) is 0. The smallest absolute Gasteiger partial charge is 0.285 e. The van der Waals surface area contributed by atoms with Crippen molar-refractivity contribution in [3.63, 3.8) is 0 Å². The lowest BCUT2D eigenvalue weighted by molar-refractivity contribution is 0.331. The summed E-state index contributed by atoms with van der Waals surface area (Å²) in [6.07, 6.45) is 1.32. The third-order valence-electron chi connectivity index (χ3n) is 0.674. The molecule has 0 aliphatic carbocycles. The molecule has 2 nitrogen and oxygen atoms in total. The molecule has 0 aliphatic rings. The van der Waals surface area contributed by atoms with Crippen molar-refractivity contribution in [1.82, 2.24) is 0 Å². The highest BCUT2D eigenvalue weighted by Crippen LogP contribution is 2.14. The van der Waals surface area contributed by atoms with E-state index >= 15 is 0 Å². The van der Waals surface area contributed by atoms with Crippen LogP contribution < -0.4 is 0 Å². The van der Waals surface area contributed by atoms with Gasteiger partial charge in [-0.2, -0.15) is 0 Å². The fourth-order valence-electron chi connectivity index (χ4n) is 0.311. The van der Waals surface area contributed by atoms with Gasteiger partial charge < -0.3 is 9.52 Å². The Morgan fingerprint density at radius 3 is 2.57 bits per heavy atom. The van der Waals surface area contributed by atoms with E-state index in [0.717, 1.165) is 0 Å². The zero-order valence-electron chi connectivity index (χ0n) is 3.59. The van der Waals surface area contributed by atoms with Gasteiger partial charge in [0.05, 0.1) is 6.26 Å². The van der Waals surface area contributed by atoms with Crippen molar-refractivity contribution in [2.75, 3.05) is 0 Å². The molecule has 1 heterocycles. The molecule has 0 saturated carbocycles. The van der Waals surface area contributed by atoms with Gasteiger partial charge in [-0.15, -0.1) is 0 Å². The number of hydrogen-bond donors (Lipinski definition) is 1. The SMILES string of the molecule is [CH]c1ccoc1O. The second kappa shape index (κ2) is 1.30. The van der Waals surface area contributed by atoms with Gasteiger partial charge in [-0.1, -0.05) is 0 Å². The Bertz CT molecular complexity index is 138. The van der Waals surface area contributed by atoms with Crippen molar-refractivity contribution >= 4 is 0 Å². The average molecular weight is 96.1 g/mol. The second-order valence-corrected chi connectivity index (χ2v) is 1.18. The average Bonchev–Trinajstić information content (AvgIpc) is 1.91. The molecule has 1 aromatic heterocycles. The van der Waals surface area contributed by atoms with Crippen LogP contribution in [0.4, 0.5) is 0 Å². The molecule has 7 heavy (non-hydrogen) atoms. The minimum atomic E-state index is -0.208. The molecule has 0 atom stereocenters. The second-order valence-electron chi connectivity index (χ2n) is 1.18. The fourth-order valence-corrected chi connectivity index (χ4v) is 0.311. The summed E-state index contributed by atoms with van der Waals surface area (Å²) in [6, 6.07) is 1.48. The molecular weight excluding hydrogens is 92.1 g/mol. The molecule has 36 valence electrons. The van der Waals surface area contributed by atoms with E-state index in [1.165, 1.54) is 12.3 Å². The van der Waals surface area contributed by atoms with Gasteiger partial charge in [-0.25, -0.2) is 0 Å². The van der Waals surface area contributed by atoms with Gasteiger partial charge in [0, 0.05) is 12.5 Å². The van der Waals surface area contributed by atoms with Crippen molar-refractivity contribution in [1.29, 1.82) is 0 Å². The van der Waals surface area contributed by atoms with Crippen LogP contribution in [-0.4, -0.2) is 5.11 Å². The quantitative estimate of drug-likeness (QED) is 0.523. The summed E-state index contributed by atoms with van der Waals surface area (Å²) < 4.78 is 4.39. The van der Waals surface area contributed by atoms with Gasteiger partial charge in [0.25, 0.3) is 5.95 Å². The van der Waals surface area contributed by atoms with Crippen LogP contribution in [0, 0.1) is 6.92 Å². The summed E-state index contributed by atoms with van der Waals surface area (Å²) in [4.78, 5) is 0. The van der Waals surface area contributed by atoms with E-state index in [4.69, 9.17) is 12.0 Å². The lowest BCUT2D eigenvalue weighted by Gasteiger charge is -1.77. The molecule has 1 rings (SSSR count). The first-order valence-electron chi connectivity index (χ1n) is 1.82. The van der Waals surface area contributed by atoms with Crippen LogP contribution in [-0.2, 0) is 0 Å². The number of aromatic hydroxyl groups is 1. The molecule has 2 heteroatoms. The molecule has 0 unspecified atom stereocenters. The molecule has 0 aliphatic heterocycles. The molecular formula is C5H4O2. The van der Waals surface area contributed by atoms with Gasteiger partial charge >= 0.3 is 0 Å². The summed E-state index contributed by atoms with van der Waals surface area (Å²) >= 11 is 0. The van der Waals surface area contributed by atoms with Gasteiger partial charge in [-0.05, 0) is 6.07 Å². The van der Waals surface area contributed by atoms with Crippen molar-refractivity contribution in [3.05, 3.63) is 24.8 Å². The summed E-state index contributed by atoms with van der Waals surface area (Å²) in [7, 11) is 0. The standard InChI is InChI=1S/C5H4O2/c1-4-2-3-7-5(4)6/h1-3,6H. The van der Waals surface area contributed by atoms with Crippen LogP contribution in [0.15, 0.2) is 16.7 Å². The van der Waals surface area contributed by atoms with Crippen LogP contribution >= 0.6 is 0 Å². The van der Waals surface area contributed by atoms with E-state index in [1.54, 1.807) is 0 Å². The highest BCUT2D eigenvalue weighted by molar-refractivity contribution is 5.23. The lowest BCUT2D eigenvalue weighted by atomic mass is 10.4. The molecule has 1 N–H and O–H groups in total. The van der Waals surface area contributed by atoms with E-state index < -0.39 is 0 Å². The van der Waals surface area contributed by atoms with Crippen LogP contribution in [0.1, 0.15) is 5.56 Å². The molecule has 0 amide bonds. The lowest BCUT2D eigenvalue weighted by Crippen LogP contribution is -1.57. The zero-order valence-corrected chi connectivity index (χ0v) is 3.59. The summed E-state index contributed by atoms with van der Waals surface area (Å²) in [6.45, 7) is 5.10. The summed E-state index contributed by atoms with van der Waals surface area (Å²) in [5.41, 5.74) is 0.278. The number of furan rings is 1. The summed E-state index contributed by atoms with van der Waals surface area (Å²) in [5.74, 6) is -0.208. The first kappa shape index (κ1) is 4.24. The molecule has 0 fully saturated rings. The predicted molar refractivity (Wildman–Crippen MR) is 23.8 cm³/mol. The Labute approximate surface area is 41.4 Å². The van der Waals surface area contributed by atoms with Crippen molar-refractivity contribution < 1.29 is 9.52 Å². The Morgan fingerprint density at radius 1 is 1.71 bits per heavy atom. The van der Waals surface area contributed by atoms with Crippen LogP contribution in [0.5, 0.6) is 5.95 Å². The van der Waals surface area contributed by atoms with Gasteiger partial charge in [-0.3, -0.25) is 0 Å². The molecule has 1 aromatic rings. The highest BCUT2D eigenvalue weighted by atomic mass is 16.5. The van der Waals surface area contributed by atoms with E-state index in [2.05, 4.69) is 4.42 Å². The first-order valence-corrected chi connectivity index (χ1v) is 1.82. The van der Waals surface area contributed by atoms with Gasteiger partial charge in [0.1, 0.15) is 0 Å². The van der Waals surface area contributed by atoms with Crippen LogP contribution in [0.3, 0.4) is 0 Å². The normalized spacial score (nSPS) is 9.29. The van der Waals surface area contributed by atoms with Gasteiger partial charge in [0.15, 0.2) is 0 Å². The molecule has 2 radical (unpaired) electrons. The number of hydrogen-bond acceptors (Lipinski definition) is 2. The van der Waals surface area contributed by atoms with Crippen LogP contribution in [0.2, 0.25) is 0 Å². The Kier molecular flexibility index (Phi) is 0.785. The van der Waals surface area contributed by atoms with Crippen molar-refractivity contribution in [2.24, 2.45) is 0 Å². The Morgan fingerprint density at radius 2 is 2.43 bits per heavy atom. The van der Waals surface area contributed by atoms with E-state index in [0.29, 0.717) is 0 Å². The first-order chi connectivity index (χ1) is 3.30. The Hall–Kier alpha value is -0.920. The number of rotatable bonds is 0. The zero-order chi connectivity index (χ0) is 5.28. The third-order valence-corrected chi connectivity index (χ3v) is 0.674. The monoisotopic (exact) mass is 96.0 g/mol. The highest BCUT2D eigenvalue weighted by Gasteiger charge is 1.93. The van der Waals surface area contributed by atoms with E-state index in [-0.39, 0.29) is 11.5 Å². The molecule has 0 aromatic carbocycles. The predicted octanol–water partition coefficient (Wildman–Crippen LogP) is 1.04. The topological polar surface area (TPSA) is 33.4 Å². The van der Waals surface area contributed by atoms with E-state index in [9.17, 15) is 0 Å². The van der Waals surface area contributed by atoms with Crippen molar-refractivity contribution in [2.45, 2.75) is 0 Å². The molecule has 0 saturated heterocycles. The van der Waals surface area contributed by atoms with Crippen molar-refractivity contribution in [3.8, 4) is 5.95 Å². The largest absolute Gasteiger partial charge is 0.481 e.